The molecule has 3 rings (SSSR count). The lowest BCUT2D eigenvalue weighted by Gasteiger charge is -2.37. The lowest BCUT2D eigenvalue weighted by Crippen LogP contribution is -2.48. The first-order chi connectivity index (χ1) is 9.65. The van der Waals surface area contributed by atoms with Gasteiger partial charge in [-0.25, -0.2) is 0 Å². The minimum Gasteiger partial charge on any atom is -0.493 e. The van der Waals surface area contributed by atoms with Gasteiger partial charge in [-0.1, -0.05) is 25.1 Å². The van der Waals surface area contributed by atoms with Crippen LogP contribution >= 0.6 is 0 Å². The topological polar surface area (TPSA) is 49.8 Å². The molecule has 1 saturated heterocycles. The maximum Gasteiger partial charge on any atom is 0.320 e. The number of carboxylic acid groups (broad SMARTS) is 1. The SMILES string of the molecule is CC1CCN(CC2COc3ccccc32)C(C(=O)O)C1. The average Bonchev–Trinajstić information content (AvgIpc) is 2.84. The number of likely N-dealkylation sites (tertiary alicyclic amines) is 1. The minimum absolute atomic E-state index is 0.293. The first kappa shape index (κ1) is 13.4. The maximum absolute atomic E-state index is 11.5. The van der Waals surface area contributed by atoms with Crippen molar-refractivity contribution >= 4 is 5.97 Å². The summed E-state index contributed by atoms with van der Waals surface area (Å²) in [4.78, 5) is 13.6. The van der Waals surface area contributed by atoms with Crippen molar-refractivity contribution in [1.29, 1.82) is 0 Å². The molecule has 0 amide bonds. The normalized spacial score (nSPS) is 29.8. The highest BCUT2D eigenvalue weighted by Gasteiger charge is 2.35. The van der Waals surface area contributed by atoms with Gasteiger partial charge >= 0.3 is 5.97 Å². The van der Waals surface area contributed by atoms with Crippen LogP contribution in [0.2, 0.25) is 0 Å². The summed E-state index contributed by atoms with van der Waals surface area (Å²) in [6.45, 7) is 4.45. The molecule has 0 aliphatic carbocycles. The van der Waals surface area contributed by atoms with Gasteiger partial charge in [0.15, 0.2) is 0 Å². The number of benzene rings is 1. The quantitative estimate of drug-likeness (QED) is 0.920. The number of nitrogens with zero attached hydrogens (tertiary/aromatic N) is 1. The number of hydrogen-bond acceptors (Lipinski definition) is 3. The summed E-state index contributed by atoms with van der Waals surface area (Å²) >= 11 is 0. The summed E-state index contributed by atoms with van der Waals surface area (Å²) in [7, 11) is 0. The molecule has 0 bridgehead atoms. The van der Waals surface area contributed by atoms with Crippen LogP contribution in [0.5, 0.6) is 5.75 Å². The van der Waals surface area contributed by atoms with Crippen LogP contribution in [0.1, 0.15) is 31.2 Å². The molecule has 1 aromatic carbocycles. The van der Waals surface area contributed by atoms with E-state index in [1.165, 1.54) is 5.56 Å². The van der Waals surface area contributed by atoms with E-state index in [4.69, 9.17) is 4.74 Å². The van der Waals surface area contributed by atoms with E-state index in [-0.39, 0.29) is 6.04 Å². The monoisotopic (exact) mass is 275 g/mol. The summed E-state index contributed by atoms with van der Waals surface area (Å²) in [5.74, 6) is 1.06. The Bertz CT molecular complexity index is 502. The third-order valence-corrected chi connectivity index (χ3v) is 4.51. The predicted molar refractivity (Wildman–Crippen MR) is 76.1 cm³/mol. The molecule has 2 heterocycles. The van der Waals surface area contributed by atoms with Crippen molar-refractivity contribution in [2.24, 2.45) is 5.92 Å². The number of hydrogen-bond donors (Lipinski definition) is 1. The summed E-state index contributed by atoms with van der Waals surface area (Å²) < 4.78 is 5.70. The van der Waals surface area contributed by atoms with Crippen LogP contribution in [-0.4, -0.2) is 41.7 Å². The Morgan fingerprint density at radius 1 is 1.45 bits per heavy atom. The van der Waals surface area contributed by atoms with Crippen LogP contribution in [0.15, 0.2) is 24.3 Å². The predicted octanol–water partition coefficient (Wildman–Crippen LogP) is 2.35. The molecule has 4 nitrogen and oxygen atoms in total. The second-order valence-corrected chi connectivity index (χ2v) is 6.02. The number of fused-ring (bicyclic) bond motifs is 1. The highest BCUT2D eigenvalue weighted by atomic mass is 16.5. The van der Waals surface area contributed by atoms with E-state index in [9.17, 15) is 9.90 Å². The Labute approximate surface area is 119 Å². The van der Waals surface area contributed by atoms with E-state index in [1.807, 2.05) is 18.2 Å². The zero-order valence-electron chi connectivity index (χ0n) is 11.8. The molecule has 2 aliphatic rings. The summed E-state index contributed by atoms with van der Waals surface area (Å²) in [6, 6.07) is 7.74. The molecule has 1 N–H and O–H groups in total. The molecule has 0 saturated carbocycles. The van der Waals surface area contributed by atoms with E-state index in [0.29, 0.717) is 18.4 Å². The smallest absolute Gasteiger partial charge is 0.320 e. The molecular weight excluding hydrogens is 254 g/mol. The first-order valence-electron chi connectivity index (χ1n) is 7.33. The van der Waals surface area contributed by atoms with Crippen LogP contribution < -0.4 is 4.74 Å². The van der Waals surface area contributed by atoms with Crippen LogP contribution in [0.25, 0.3) is 0 Å². The fourth-order valence-corrected chi connectivity index (χ4v) is 3.33. The Hall–Kier alpha value is -1.55. The Kier molecular flexibility index (Phi) is 3.66. The molecule has 0 aromatic heterocycles. The fraction of sp³-hybridized carbons (Fsp3) is 0.562. The van der Waals surface area contributed by atoms with Crippen molar-refractivity contribution in [2.75, 3.05) is 19.7 Å². The van der Waals surface area contributed by atoms with Gasteiger partial charge in [0, 0.05) is 18.0 Å². The van der Waals surface area contributed by atoms with E-state index in [0.717, 1.165) is 31.7 Å². The molecule has 1 fully saturated rings. The minimum atomic E-state index is -0.691. The van der Waals surface area contributed by atoms with Gasteiger partial charge in [0.25, 0.3) is 0 Å². The van der Waals surface area contributed by atoms with Gasteiger partial charge in [-0.3, -0.25) is 9.69 Å². The lowest BCUT2D eigenvalue weighted by molar-refractivity contribution is -0.145. The molecule has 20 heavy (non-hydrogen) atoms. The number of carbonyl (C=O) groups is 1. The highest BCUT2D eigenvalue weighted by Crippen LogP contribution is 2.35. The summed E-state index contributed by atoms with van der Waals surface area (Å²) in [6.07, 6.45) is 1.84. The van der Waals surface area contributed by atoms with Gasteiger partial charge in [0.1, 0.15) is 11.8 Å². The van der Waals surface area contributed by atoms with Gasteiger partial charge in [0.2, 0.25) is 0 Å². The van der Waals surface area contributed by atoms with Crippen molar-refractivity contribution < 1.29 is 14.6 Å². The van der Waals surface area contributed by atoms with Crippen molar-refractivity contribution in [3.8, 4) is 5.75 Å². The van der Waals surface area contributed by atoms with Crippen molar-refractivity contribution in [1.82, 2.24) is 4.90 Å². The first-order valence-corrected chi connectivity index (χ1v) is 7.33. The molecular formula is C16H21NO3. The van der Waals surface area contributed by atoms with Crippen molar-refractivity contribution in [2.45, 2.75) is 31.7 Å². The zero-order valence-corrected chi connectivity index (χ0v) is 11.8. The Morgan fingerprint density at radius 2 is 2.25 bits per heavy atom. The molecule has 3 atom stereocenters. The van der Waals surface area contributed by atoms with Crippen molar-refractivity contribution in [3.05, 3.63) is 29.8 Å². The third kappa shape index (κ3) is 2.52. The second-order valence-electron chi connectivity index (χ2n) is 6.02. The largest absolute Gasteiger partial charge is 0.493 e. The standard InChI is InChI=1S/C16H21NO3/c1-11-6-7-17(14(8-11)16(18)19)9-12-10-20-15-5-3-2-4-13(12)15/h2-5,11-12,14H,6-10H2,1H3,(H,18,19). The zero-order chi connectivity index (χ0) is 14.1. The second kappa shape index (κ2) is 5.44. The number of para-hydroxylation sites is 1. The van der Waals surface area contributed by atoms with E-state index < -0.39 is 5.97 Å². The third-order valence-electron chi connectivity index (χ3n) is 4.51. The highest BCUT2D eigenvalue weighted by molar-refractivity contribution is 5.73. The number of piperidine rings is 1. The number of ether oxygens (including phenoxy) is 1. The Morgan fingerprint density at radius 3 is 3.05 bits per heavy atom. The number of aliphatic carboxylic acids is 1. The van der Waals surface area contributed by atoms with E-state index in [2.05, 4.69) is 17.9 Å². The maximum atomic E-state index is 11.5. The van der Waals surface area contributed by atoms with Crippen LogP contribution in [0.4, 0.5) is 0 Å². The lowest BCUT2D eigenvalue weighted by atomic mass is 9.90. The van der Waals surface area contributed by atoms with Crippen LogP contribution in [0, 0.1) is 5.92 Å². The Balaban J connectivity index is 1.73. The van der Waals surface area contributed by atoms with Crippen LogP contribution in [-0.2, 0) is 4.79 Å². The van der Waals surface area contributed by atoms with Gasteiger partial charge in [0.05, 0.1) is 6.61 Å². The molecule has 3 unspecified atom stereocenters. The van der Waals surface area contributed by atoms with Gasteiger partial charge < -0.3 is 9.84 Å². The number of rotatable bonds is 3. The van der Waals surface area contributed by atoms with E-state index >= 15 is 0 Å². The van der Waals surface area contributed by atoms with Gasteiger partial charge in [-0.05, 0) is 31.4 Å². The molecule has 1 aromatic rings. The summed E-state index contributed by atoms with van der Waals surface area (Å²) in [5.41, 5.74) is 1.22. The molecule has 0 spiro atoms. The van der Waals surface area contributed by atoms with Crippen molar-refractivity contribution in [3.63, 3.8) is 0 Å². The fourth-order valence-electron chi connectivity index (χ4n) is 3.33. The molecule has 2 aliphatic heterocycles. The van der Waals surface area contributed by atoms with Crippen LogP contribution in [0.3, 0.4) is 0 Å². The molecule has 108 valence electrons. The molecule has 4 heteroatoms. The van der Waals surface area contributed by atoms with Gasteiger partial charge in [-0.15, -0.1) is 0 Å². The van der Waals surface area contributed by atoms with E-state index in [1.54, 1.807) is 0 Å². The average molecular weight is 275 g/mol. The summed E-state index contributed by atoms with van der Waals surface area (Å²) in [5, 5.41) is 9.42. The number of carboxylic acids is 1. The molecule has 0 radical (unpaired) electrons. The van der Waals surface area contributed by atoms with Gasteiger partial charge in [-0.2, -0.15) is 0 Å².